The van der Waals surface area contributed by atoms with Crippen molar-refractivity contribution in [3.05, 3.63) is 53.8 Å². The molecule has 0 saturated heterocycles. The number of hydrogen-bond donors (Lipinski definition) is 1. The molecule has 0 bridgehead atoms. The highest BCUT2D eigenvalue weighted by Crippen LogP contribution is 2.30. The van der Waals surface area contributed by atoms with Crippen LogP contribution in [0.25, 0.3) is 11.1 Å². The fraction of sp³-hybridized carbons (Fsp3) is 0.300. The van der Waals surface area contributed by atoms with E-state index < -0.39 is 0 Å². The summed E-state index contributed by atoms with van der Waals surface area (Å²) in [6, 6.07) is 11.5. The van der Waals surface area contributed by atoms with Crippen LogP contribution >= 0.6 is 0 Å². The van der Waals surface area contributed by atoms with Crippen molar-refractivity contribution in [3.8, 4) is 23.1 Å². The van der Waals surface area contributed by atoms with Gasteiger partial charge in [0.25, 0.3) is 0 Å². The average Bonchev–Trinajstić information content (AvgIpc) is 2.62. The quantitative estimate of drug-likeness (QED) is 0.446. The van der Waals surface area contributed by atoms with E-state index in [9.17, 15) is 9.18 Å². The molecule has 0 radical (unpaired) electrons. The van der Waals surface area contributed by atoms with E-state index in [-0.39, 0.29) is 24.2 Å². The van der Waals surface area contributed by atoms with E-state index in [4.69, 9.17) is 14.7 Å². The van der Waals surface area contributed by atoms with E-state index in [1.165, 1.54) is 12.1 Å². The van der Waals surface area contributed by atoms with Crippen LogP contribution in [-0.2, 0) is 16.0 Å². The van der Waals surface area contributed by atoms with Crippen LogP contribution in [-0.4, -0.2) is 25.7 Å². The summed E-state index contributed by atoms with van der Waals surface area (Å²) < 4.78 is 23.8. The number of esters is 1. The first-order chi connectivity index (χ1) is 12.6. The van der Waals surface area contributed by atoms with Crippen LogP contribution in [0.4, 0.5) is 4.39 Å². The van der Waals surface area contributed by atoms with Gasteiger partial charge in [-0.25, -0.2) is 4.39 Å². The molecule has 0 aliphatic carbocycles. The molecule has 2 rings (SSSR count). The molecule has 0 spiro atoms. The van der Waals surface area contributed by atoms with Crippen molar-refractivity contribution < 1.29 is 18.7 Å². The topological polar surface area (TPSA) is 71.3 Å². The van der Waals surface area contributed by atoms with Gasteiger partial charge in [0.1, 0.15) is 11.6 Å². The number of ether oxygens (including phenoxy) is 2. The number of nitrogens with zero attached hydrogens (tertiary/aromatic N) is 1. The monoisotopic (exact) mass is 356 g/mol. The van der Waals surface area contributed by atoms with Crippen molar-refractivity contribution in [3.63, 3.8) is 0 Å². The van der Waals surface area contributed by atoms with E-state index in [1.54, 1.807) is 20.1 Å². The van der Waals surface area contributed by atoms with Crippen LogP contribution in [0, 0.1) is 17.3 Å². The summed E-state index contributed by atoms with van der Waals surface area (Å²) in [6.07, 6.45) is 2.48. The van der Waals surface area contributed by atoms with Gasteiger partial charge in [-0.3, -0.25) is 4.79 Å². The van der Waals surface area contributed by atoms with Gasteiger partial charge in [-0.1, -0.05) is 24.3 Å². The van der Waals surface area contributed by atoms with Gasteiger partial charge in [-0.2, -0.15) is 5.26 Å². The molecule has 0 amide bonds. The van der Waals surface area contributed by atoms with Gasteiger partial charge in [0, 0.05) is 5.56 Å². The normalized spacial score (nSPS) is 11.3. The van der Waals surface area contributed by atoms with Gasteiger partial charge >= 0.3 is 5.97 Å². The molecule has 136 valence electrons. The molecule has 0 aromatic heterocycles. The summed E-state index contributed by atoms with van der Waals surface area (Å²) in [5, 5.41) is 11.5. The maximum absolute atomic E-state index is 13.6. The SMILES string of the molecule is CCOC(=O)C[C@@H](Cc1ccc(-c2cc(F)ccc2OC)cc1)NC#N. The Balaban J connectivity index is 2.14. The Morgan fingerprint density at radius 1 is 1.27 bits per heavy atom. The summed E-state index contributed by atoms with van der Waals surface area (Å²) in [4.78, 5) is 11.6. The van der Waals surface area contributed by atoms with E-state index in [2.05, 4.69) is 5.32 Å². The number of methoxy groups -OCH3 is 1. The zero-order valence-corrected chi connectivity index (χ0v) is 14.8. The van der Waals surface area contributed by atoms with Crippen LogP contribution < -0.4 is 10.1 Å². The second-order valence-corrected chi connectivity index (χ2v) is 5.71. The van der Waals surface area contributed by atoms with E-state index in [0.29, 0.717) is 24.3 Å². The molecule has 0 aliphatic rings. The Morgan fingerprint density at radius 2 is 2.00 bits per heavy atom. The summed E-state index contributed by atoms with van der Waals surface area (Å²) in [5.74, 6) is -0.0931. The summed E-state index contributed by atoms with van der Waals surface area (Å²) in [5.41, 5.74) is 2.43. The number of rotatable bonds is 8. The van der Waals surface area contributed by atoms with Crippen molar-refractivity contribution in [1.29, 1.82) is 5.26 Å². The number of halogens is 1. The molecular weight excluding hydrogens is 335 g/mol. The minimum absolute atomic E-state index is 0.112. The maximum Gasteiger partial charge on any atom is 0.307 e. The van der Waals surface area contributed by atoms with Gasteiger partial charge in [0.15, 0.2) is 6.19 Å². The number of benzene rings is 2. The van der Waals surface area contributed by atoms with Crippen LogP contribution in [0.2, 0.25) is 0 Å². The second-order valence-electron chi connectivity index (χ2n) is 5.71. The molecule has 1 atom stereocenters. The Morgan fingerprint density at radius 3 is 2.62 bits per heavy atom. The lowest BCUT2D eigenvalue weighted by atomic mass is 9.99. The van der Waals surface area contributed by atoms with Gasteiger partial charge in [0.2, 0.25) is 0 Å². The van der Waals surface area contributed by atoms with Crippen molar-refractivity contribution >= 4 is 5.97 Å². The van der Waals surface area contributed by atoms with Crippen LogP contribution in [0.1, 0.15) is 18.9 Å². The van der Waals surface area contributed by atoms with Crippen molar-refractivity contribution in [2.75, 3.05) is 13.7 Å². The molecule has 5 nitrogen and oxygen atoms in total. The predicted octanol–water partition coefficient (Wildman–Crippen LogP) is 3.44. The third-order valence-corrected chi connectivity index (χ3v) is 3.90. The van der Waals surface area contributed by atoms with Crippen LogP contribution in [0.3, 0.4) is 0 Å². The van der Waals surface area contributed by atoms with Gasteiger partial charge < -0.3 is 14.8 Å². The number of hydrogen-bond acceptors (Lipinski definition) is 5. The molecule has 0 heterocycles. The van der Waals surface area contributed by atoms with Gasteiger partial charge in [0.05, 0.1) is 26.2 Å². The molecule has 2 aromatic carbocycles. The lowest BCUT2D eigenvalue weighted by molar-refractivity contribution is -0.143. The standard InChI is InChI=1S/C20H21FN2O3/c1-3-26-20(24)12-17(23-13-22)10-14-4-6-15(7-5-14)18-11-16(21)8-9-19(18)25-2/h4-9,11,17,23H,3,10,12H2,1-2H3/t17-/m1/s1. The molecule has 26 heavy (non-hydrogen) atoms. The first kappa shape index (κ1) is 19.3. The smallest absolute Gasteiger partial charge is 0.307 e. The highest BCUT2D eigenvalue weighted by atomic mass is 19.1. The Labute approximate surface area is 152 Å². The highest BCUT2D eigenvalue weighted by Gasteiger charge is 2.15. The molecule has 0 unspecified atom stereocenters. The summed E-state index contributed by atoms with van der Waals surface area (Å²) >= 11 is 0. The van der Waals surface area contributed by atoms with Gasteiger partial charge in [-0.05, 0) is 42.7 Å². The fourth-order valence-electron chi connectivity index (χ4n) is 2.70. The first-order valence-corrected chi connectivity index (χ1v) is 8.30. The molecule has 0 saturated carbocycles. The second kappa shape index (κ2) is 9.42. The van der Waals surface area contributed by atoms with Crippen LogP contribution in [0.5, 0.6) is 5.75 Å². The fourth-order valence-corrected chi connectivity index (χ4v) is 2.70. The zero-order valence-electron chi connectivity index (χ0n) is 14.8. The molecular formula is C20H21FN2O3. The lowest BCUT2D eigenvalue weighted by Gasteiger charge is -2.15. The zero-order chi connectivity index (χ0) is 18.9. The maximum atomic E-state index is 13.6. The summed E-state index contributed by atoms with van der Waals surface area (Å²) in [7, 11) is 1.54. The average molecular weight is 356 g/mol. The van der Waals surface area contributed by atoms with Crippen molar-refractivity contribution in [2.24, 2.45) is 0 Å². The number of nitrogens with one attached hydrogen (secondary N) is 1. The van der Waals surface area contributed by atoms with Crippen molar-refractivity contribution in [2.45, 2.75) is 25.8 Å². The molecule has 0 fully saturated rings. The molecule has 0 aliphatic heterocycles. The highest BCUT2D eigenvalue weighted by molar-refractivity contribution is 5.71. The molecule has 6 heteroatoms. The third kappa shape index (κ3) is 5.21. The van der Waals surface area contributed by atoms with Crippen molar-refractivity contribution in [1.82, 2.24) is 5.32 Å². The van der Waals surface area contributed by atoms with E-state index in [0.717, 1.165) is 11.1 Å². The predicted molar refractivity (Wildman–Crippen MR) is 95.9 cm³/mol. The first-order valence-electron chi connectivity index (χ1n) is 8.30. The van der Waals surface area contributed by atoms with Crippen LogP contribution in [0.15, 0.2) is 42.5 Å². The Hall–Kier alpha value is -3.07. The number of carbonyl (C=O) groups excluding carboxylic acids is 1. The minimum atomic E-state index is -0.346. The van der Waals surface area contributed by atoms with E-state index >= 15 is 0 Å². The minimum Gasteiger partial charge on any atom is -0.496 e. The van der Waals surface area contributed by atoms with Gasteiger partial charge in [-0.15, -0.1) is 0 Å². The largest absolute Gasteiger partial charge is 0.496 e. The Kier molecular flexibility index (Phi) is 6.98. The van der Waals surface area contributed by atoms with E-state index in [1.807, 2.05) is 30.5 Å². The number of nitriles is 1. The Bertz CT molecular complexity index is 785. The molecule has 2 aromatic rings. The third-order valence-electron chi connectivity index (χ3n) is 3.90. The number of carbonyl (C=O) groups is 1. The molecule has 1 N–H and O–H groups in total. The lowest BCUT2D eigenvalue weighted by Crippen LogP contribution is -2.30. The summed E-state index contributed by atoms with van der Waals surface area (Å²) in [6.45, 7) is 2.05.